The fraction of sp³-hybridized carbons (Fsp3) is 0.350. The molecule has 8 heteroatoms. The van der Waals surface area contributed by atoms with Crippen LogP contribution in [0.15, 0.2) is 53.4 Å². The van der Waals surface area contributed by atoms with Crippen LogP contribution in [0.4, 0.5) is 11.4 Å². The van der Waals surface area contributed by atoms with Crippen molar-refractivity contribution < 1.29 is 17.9 Å². The SMILES string of the molecule is Cc1ccc(NC(=O)C(C)Nc2ccccc2)cc1S(=O)(=O)N1CCOCC1. The molecule has 1 aliphatic rings. The van der Waals surface area contributed by atoms with Gasteiger partial charge in [0, 0.05) is 24.5 Å². The molecule has 1 saturated heterocycles. The Morgan fingerprint density at radius 2 is 1.75 bits per heavy atom. The fourth-order valence-electron chi connectivity index (χ4n) is 2.98. The molecule has 150 valence electrons. The van der Waals surface area contributed by atoms with E-state index in [9.17, 15) is 13.2 Å². The summed E-state index contributed by atoms with van der Waals surface area (Å²) < 4.78 is 32.6. The number of anilines is 2. The number of morpholine rings is 1. The number of benzene rings is 2. The maximum atomic E-state index is 13.0. The lowest BCUT2D eigenvalue weighted by Gasteiger charge is -2.27. The van der Waals surface area contributed by atoms with Gasteiger partial charge in [0.25, 0.3) is 0 Å². The summed E-state index contributed by atoms with van der Waals surface area (Å²) in [6.07, 6.45) is 0. The van der Waals surface area contributed by atoms with E-state index in [2.05, 4.69) is 10.6 Å². The Labute approximate surface area is 165 Å². The van der Waals surface area contributed by atoms with Crippen LogP contribution in [-0.2, 0) is 19.6 Å². The first kappa shape index (κ1) is 20.3. The van der Waals surface area contributed by atoms with Gasteiger partial charge in [-0.2, -0.15) is 4.31 Å². The van der Waals surface area contributed by atoms with Gasteiger partial charge in [-0.3, -0.25) is 4.79 Å². The van der Waals surface area contributed by atoms with Gasteiger partial charge >= 0.3 is 0 Å². The first-order chi connectivity index (χ1) is 13.4. The Kier molecular flexibility index (Phi) is 6.33. The lowest BCUT2D eigenvalue weighted by molar-refractivity contribution is -0.116. The topological polar surface area (TPSA) is 87.7 Å². The molecule has 28 heavy (non-hydrogen) atoms. The molecule has 1 aliphatic heterocycles. The second-order valence-corrected chi connectivity index (χ2v) is 8.62. The lowest BCUT2D eigenvalue weighted by atomic mass is 10.2. The fourth-order valence-corrected chi connectivity index (χ4v) is 4.64. The number of nitrogens with zero attached hydrogens (tertiary/aromatic N) is 1. The van der Waals surface area contributed by atoms with Gasteiger partial charge in [0.1, 0.15) is 6.04 Å². The summed E-state index contributed by atoms with van der Waals surface area (Å²) in [5.41, 5.74) is 1.92. The highest BCUT2D eigenvalue weighted by atomic mass is 32.2. The van der Waals surface area contributed by atoms with Crippen LogP contribution in [0.1, 0.15) is 12.5 Å². The van der Waals surface area contributed by atoms with Crippen molar-refractivity contribution >= 4 is 27.3 Å². The molecular formula is C20H25N3O4S. The van der Waals surface area contributed by atoms with E-state index in [0.29, 0.717) is 37.6 Å². The van der Waals surface area contributed by atoms with Crippen molar-refractivity contribution in [2.45, 2.75) is 24.8 Å². The van der Waals surface area contributed by atoms with Crippen molar-refractivity contribution in [2.24, 2.45) is 0 Å². The molecule has 0 saturated carbocycles. The summed E-state index contributed by atoms with van der Waals surface area (Å²) in [4.78, 5) is 12.7. The van der Waals surface area contributed by atoms with E-state index in [1.807, 2.05) is 30.3 Å². The molecule has 1 heterocycles. The highest BCUT2D eigenvalue weighted by Gasteiger charge is 2.28. The molecule has 2 aromatic rings. The van der Waals surface area contributed by atoms with Crippen molar-refractivity contribution in [1.29, 1.82) is 0 Å². The Hall–Kier alpha value is -2.42. The molecule has 2 N–H and O–H groups in total. The number of ether oxygens (including phenoxy) is 1. The molecular weight excluding hydrogens is 378 g/mol. The zero-order valence-electron chi connectivity index (χ0n) is 16.0. The van der Waals surface area contributed by atoms with E-state index in [1.165, 1.54) is 10.4 Å². The van der Waals surface area contributed by atoms with Crippen LogP contribution in [0, 0.1) is 6.92 Å². The van der Waals surface area contributed by atoms with Crippen LogP contribution in [-0.4, -0.2) is 51.0 Å². The number of carbonyl (C=O) groups is 1. The average Bonchev–Trinajstić information content (AvgIpc) is 2.70. The van der Waals surface area contributed by atoms with Crippen LogP contribution in [0.3, 0.4) is 0 Å². The maximum Gasteiger partial charge on any atom is 0.246 e. The van der Waals surface area contributed by atoms with E-state index in [-0.39, 0.29) is 10.8 Å². The molecule has 0 spiro atoms. The highest BCUT2D eigenvalue weighted by molar-refractivity contribution is 7.89. The Bertz CT molecular complexity index is 926. The number of para-hydroxylation sites is 1. The molecule has 0 aromatic heterocycles. The summed E-state index contributed by atoms with van der Waals surface area (Å²) in [5, 5.41) is 5.91. The second kappa shape index (κ2) is 8.72. The van der Waals surface area contributed by atoms with Gasteiger partial charge in [0.2, 0.25) is 15.9 Å². The van der Waals surface area contributed by atoms with Crippen LogP contribution in [0.2, 0.25) is 0 Å². The lowest BCUT2D eigenvalue weighted by Crippen LogP contribution is -2.40. The number of amides is 1. The molecule has 0 radical (unpaired) electrons. The molecule has 3 rings (SSSR count). The van der Waals surface area contributed by atoms with Crippen molar-refractivity contribution in [3.63, 3.8) is 0 Å². The van der Waals surface area contributed by atoms with E-state index in [1.54, 1.807) is 26.0 Å². The number of hydrogen-bond acceptors (Lipinski definition) is 5. The van der Waals surface area contributed by atoms with Gasteiger partial charge in [-0.05, 0) is 43.7 Å². The number of rotatable bonds is 6. The van der Waals surface area contributed by atoms with Crippen molar-refractivity contribution in [3.05, 3.63) is 54.1 Å². The average molecular weight is 404 g/mol. The first-order valence-electron chi connectivity index (χ1n) is 9.19. The first-order valence-corrected chi connectivity index (χ1v) is 10.6. The minimum Gasteiger partial charge on any atom is -0.379 e. The summed E-state index contributed by atoms with van der Waals surface area (Å²) in [6, 6.07) is 13.9. The quantitative estimate of drug-likeness (QED) is 0.774. The molecule has 1 amide bonds. The summed E-state index contributed by atoms with van der Waals surface area (Å²) in [5.74, 6) is -0.248. The predicted octanol–water partition coefficient (Wildman–Crippen LogP) is 2.46. The van der Waals surface area contributed by atoms with Gasteiger partial charge < -0.3 is 15.4 Å². The number of carbonyl (C=O) groups excluding carboxylic acids is 1. The van der Waals surface area contributed by atoms with E-state index in [4.69, 9.17) is 4.74 Å². The molecule has 1 fully saturated rings. The third-order valence-electron chi connectivity index (χ3n) is 4.59. The van der Waals surface area contributed by atoms with Gasteiger partial charge in [-0.25, -0.2) is 8.42 Å². The molecule has 1 atom stereocenters. The Balaban J connectivity index is 1.74. The normalized spacial score (nSPS) is 16.4. The Morgan fingerprint density at radius 1 is 1.07 bits per heavy atom. The van der Waals surface area contributed by atoms with Gasteiger partial charge in [0.05, 0.1) is 18.1 Å². The minimum absolute atomic E-state index is 0.205. The van der Waals surface area contributed by atoms with Crippen LogP contribution in [0.5, 0.6) is 0 Å². The van der Waals surface area contributed by atoms with Crippen LogP contribution >= 0.6 is 0 Å². The third kappa shape index (κ3) is 4.70. The third-order valence-corrected chi connectivity index (χ3v) is 6.63. The number of hydrogen-bond donors (Lipinski definition) is 2. The number of sulfonamides is 1. The maximum absolute atomic E-state index is 13.0. The predicted molar refractivity (Wildman–Crippen MR) is 109 cm³/mol. The number of nitrogens with one attached hydrogen (secondary N) is 2. The van der Waals surface area contributed by atoms with Crippen molar-refractivity contribution in [1.82, 2.24) is 4.31 Å². The van der Waals surface area contributed by atoms with Gasteiger partial charge in [-0.1, -0.05) is 24.3 Å². The molecule has 7 nitrogen and oxygen atoms in total. The standard InChI is InChI=1S/C20H25N3O4S/c1-15-8-9-18(14-19(15)28(25,26)23-10-12-27-13-11-23)22-20(24)16(2)21-17-6-4-3-5-7-17/h3-9,14,16,21H,10-13H2,1-2H3,(H,22,24). The summed E-state index contributed by atoms with van der Waals surface area (Å²) >= 11 is 0. The Morgan fingerprint density at radius 3 is 2.43 bits per heavy atom. The zero-order valence-corrected chi connectivity index (χ0v) is 16.8. The minimum atomic E-state index is -3.63. The van der Waals surface area contributed by atoms with Crippen molar-refractivity contribution in [3.8, 4) is 0 Å². The van der Waals surface area contributed by atoms with Crippen LogP contribution < -0.4 is 10.6 Å². The van der Waals surface area contributed by atoms with Gasteiger partial charge in [-0.15, -0.1) is 0 Å². The molecule has 0 bridgehead atoms. The molecule has 0 aliphatic carbocycles. The van der Waals surface area contributed by atoms with E-state index >= 15 is 0 Å². The summed E-state index contributed by atoms with van der Waals surface area (Å²) in [7, 11) is -3.63. The summed E-state index contributed by atoms with van der Waals surface area (Å²) in [6.45, 7) is 4.93. The molecule has 2 aromatic carbocycles. The largest absolute Gasteiger partial charge is 0.379 e. The smallest absolute Gasteiger partial charge is 0.246 e. The van der Waals surface area contributed by atoms with E-state index < -0.39 is 16.1 Å². The second-order valence-electron chi connectivity index (χ2n) is 6.72. The highest BCUT2D eigenvalue weighted by Crippen LogP contribution is 2.24. The number of aryl methyl sites for hydroxylation is 1. The van der Waals surface area contributed by atoms with Crippen molar-refractivity contribution in [2.75, 3.05) is 36.9 Å². The monoisotopic (exact) mass is 403 g/mol. The van der Waals surface area contributed by atoms with Crippen LogP contribution in [0.25, 0.3) is 0 Å². The zero-order chi connectivity index (χ0) is 20.1. The molecule has 1 unspecified atom stereocenters. The van der Waals surface area contributed by atoms with E-state index in [0.717, 1.165) is 5.69 Å². The van der Waals surface area contributed by atoms with Gasteiger partial charge in [0.15, 0.2) is 0 Å².